The third-order valence-corrected chi connectivity index (χ3v) is 6.63. The van der Waals surface area contributed by atoms with E-state index in [2.05, 4.69) is 29.8 Å². The Morgan fingerprint density at radius 2 is 1.31 bits per heavy atom. The number of carbonyl (C=O) groups is 2. The van der Waals surface area contributed by atoms with Crippen LogP contribution in [0.15, 0.2) is 103 Å². The third kappa shape index (κ3) is 7.26. The average Bonchev–Trinajstić information content (AvgIpc) is 2.97. The van der Waals surface area contributed by atoms with Gasteiger partial charge < -0.3 is 20.7 Å². The van der Waals surface area contributed by atoms with Crippen molar-refractivity contribution in [2.45, 2.75) is 45.6 Å². The molecule has 0 aliphatic heterocycles. The molecule has 4 aromatic rings. The Hall–Kier alpha value is -4.58. The molecule has 2 atom stereocenters. The van der Waals surface area contributed by atoms with Gasteiger partial charge in [-0.15, -0.1) is 0 Å². The minimum atomic E-state index is -0.698. The predicted octanol–water partition coefficient (Wildman–Crippen LogP) is 7.99. The lowest BCUT2D eigenvalue weighted by molar-refractivity contribution is -0.122. The summed E-state index contributed by atoms with van der Waals surface area (Å²) in [6, 6.07) is 32.1. The standard InChI is InChI=1S/C33H35N3O3/c1-4-23(3)27-15-10-12-18-31(27)39-30(5-2)33(38)36-29-17-11-9-16-28(29)32(37)35-26-21-19-25(20-22-26)34-24-13-7-6-8-14-24/h6-23,30,34H,4-5H2,1-3H3,(H,35,37)(H,36,38). The zero-order valence-corrected chi connectivity index (χ0v) is 22.6. The quantitative estimate of drug-likeness (QED) is 0.187. The van der Waals surface area contributed by atoms with Gasteiger partial charge in [0.2, 0.25) is 0 Å². The van der Waals surface area contributed by atoms with Gasteiger partial charge in [0.1, 0.15) is 5.75 Å². The molecule has 0 heterocycles. The summed E-state index contributed by atoms with van der Waals surface area (Å²) in [7, 11) is 0. The SMILES string of the molecule is CCC(Oc1ccccc1C(C)CC)C(=O)Nc1ccccc1C(=O)Nc1ccc(Nc2ccccc2)cc1. The van der Waals surface area contributed by atoms with Crippen LogP contribution in [0.1, 0.15) is 55.5 Å². The number of para-hydroxylation sites is 3. The minimum Gasteiger partial charge on any atom is -0.480 e. The number of hydrogen-bond acceptors (Lipinski definition) is 4. The van der Waals surface area contributed by atoms with Crippen LogP contribution in [0.3, 0.4) is 0 Å². The zero-order valence-electron chi connectivity index (χ0n) is 22.6. The number of benzene rings is 4. The van der Waals surface area contributed by atoms with Crippen LogP contribution in [-0.2, 0) is 4.79 Å². The van der Waals surface area contributed by atoms with Gasteiger partial charge in [-0.2, -0.15) is 0 Å². The van der Waals surface area contributed by atoms with Gasteiger partial charge in [-0.25, -0.2) is 0 Å². The van der Waals surface area contributed by atoms with Crippen LogP contribution in [0.4, 0.5) is 22.7 Å². The van der Waals surface area contributed by atoms with Crippen molar-refractivity contribution in [3.05, 3.63) is 114 Å². The number of hydrogen-bond donors (Lipinski definition) is 3. The summed E-state index contributed by atoms with van der Waals surface area (Å²) in [5, 5.41) is 9.16. The second-order valence-electron chi connectivity index (χ2n) is 9.42. The molecule has 0 fully saturated rings. The van der Waals surface area contributed by atoms with Crippen molar-refractivity contribution in [2.24, 2.45) is 0 Å². The first-order valence-electron chi connectivity index (χ1n) is 13.4. The smallest absolute Gasteiger partial charge is 0.265 e. The number of anilines is 4. The Labute approximate surface area is 230 Å². The first-order chi connectivity index (χ1) is 19.0. The number of rotatable bonds is 11. The van der Waals surface area contributed by atoms with Crippen LogP contribution in [-0.4, -0.2) is 17.9 Å². The molecule has 2 amide bonds. The molecule has 0 aliphatic carbocycles. The Morgan fingerprint density at radius 3 is 2.03 bits per heavy atom. The second-order valence-corrected chi connectivity index (χ2v) is 9.42. The van der Waals surface area contributed by atoms with Gasteiger partial charge >= 0.3 is 0 Å². The molecule has 4 aromatic carbocycles. The van der Waals surface area contributed by atoms with Gasteiger partial charge in [-0.05, 0) is 78.9 Å². The van der Waals surface area contributed by atoms with Crippen molar-refractivity contribution < 1.29 is 14.3 Å². The lowest BCUT2D eigenvalue weighted by Gasteiger charge is -2.22. The van der Waals surface area contributed by atoms with Crippen molar-refractivity contribution in [1.82, 2.24) is 0 Å². The van der Waals surface area contributed by atoms with E-state index in [0.717, 1.165) is 23.4 Å². The summed E-state index contributed by atoms with van der Waals surface area (Å²) in [4.78, 5) is 26.4. The number of nitrogens with one attached hydrogen (secondary N) is 3. The predicted molar refractivity (Wildman–Crippen MR) is 159 cm³/mol. The summed E-state index contributed by atoms with van der Waals surface area (Å²) in [5.41, 5.74) is 4.42. The molecular weight excluding hydrogens is 486 g/mol. The fraction of sp³-hybridized carbons (Fsp3) is 0.212. The van der Waals surface area contributed by atoms with E-state index in [0.29, 0.717) is 35.0 Å². The maximum absolute atomic E-state index is 13.2. The molecule has 39 heavy (non-hydrogen) atoms. The highest BCUT2D eigenvalue weighted by Gasteiger charge is 2.23. The molecule has 0 spiro atoms. The summed E-state index contributed by atoms with van der Waals surface area (Å²) in [6.07, 6.45) is 0.757. The van der Waals surface area contributed by atoms with Gasteiger partial charge in [0.25, 0.3) is 11.8 Å². The van der Waals surface area contributed by atoms with E-state index in [4.69, 9.17) is 4.74 Å². The molecule has 6 heteroatoms. The Morgan fingerprint density at radius 1 is 0.692 bits per heavy atom. The summed E-state index contributed by atoms with van der Waals surface area (Å²) >= 11 is 0. The molecule has 0 saturated heterocycles. The van der Waals surface area contributed by atoms with E-state index < -0.39 is 6.10 Å². The molecule has 4 rings (SSSR count). The largest absolute Gasteiger partial charge is 0.480 e. The van der Waals surface area contributed by atoms with Crippen molar-refractivity contribution in [2.75, 3.05) is 16.0 Å². The molecule has 6 nitrogen and oxygen atoms in total. The third-order valence-electron chi connectivity index (χ3n) is 6.63. The molecule has 0 aliphatic rings. The van der Waals surface area contributed by atoms with E-state index in [1.165, 1.54) is 0 Å². The van der Waals surface area contributed by atoms with Gasteiger partial charge in [0.15, 0.2) is 6.10 Å². The van der Waals surface area contributed by atoms with Crippen molar-refractivity contribution in [3.8, 4) is 5.75 Å². The maximum Gasteiger partial charge on any atom is 0.265 e. The van der Waals surface area contributed by atoms with Crippen molar-refractivity contribution in [3.63, 3.8) is 0 Å². The van der Waals surface area contributed by atoms with Crippen LogP contribution in [0.2, 0.25) is 0 Å². The van der Waals surface area contributed by atoms with Gasteiger partial charge in [-0.3, -0.25) is 9.59 Å². The summed E-state index contributed by atoms with van der Waals surface area (Å²) in [6.45, 7) is 6.18. The van der Waals surface area contributed by atoms with Crippen LogP contribution in [0.25, 0.3) is 0 Å². The minimum absolute atomic E-state index is 0.298. The van der Waals surface area contributed by atoms with Gasteiger partial charge in [0, 0.05) is 17.1 Å². The van der Waals surface area contributed by atoms with E-state index in [1.54, 1.807) is 24.3 Å². The molecule has 3 N–H and O–H groups in total. The molecule has 2 unspecified atom stereocenters. The highest BCUT2D eigenvalue weighted by molar-refractivity contribution is 6.10. The molecule has 0 saturated carbocycles. The van der Waals surface area contributed by atoms with Gasteiger partial charge in [0.05, 0.1) is 11.3 Å². The molecule has 0 radical (unpaired) electrons. The fourth-order valence-corrected chi connectivity index (χ4v) is 4.22. The van der Waals surface area contributed by atoms with Crippen molar-refractivity contribution >= 4 is 34.6 Å². The summed E-state index contributed by atoms with van der Waals surface area (Å²) in [5.74, 6) is 0.415. The van der Waals surface area contributed by atoms with E-state index in [1.807, 2.05) is 85.8 Å². The van der Waals surface area contributed by atoms with Crippen LogP contribution >= 0.6 is 0 Å². The lowest BCUT2D eigenvalue weighted by atomic mass is 9.98. The highest BCUT2D eigenvalue weighted by Crippen LogP contribution is 2.30. The number of ether oxygens (including phenoxy) is 1. The topological polar surface area (TPSA) is 79.5 Å². The van der Waals surface area contributed by atoms with Crippen molar-refractivity contribution in [1.29, 1.82) is 0 Å². The molecular formula is C33H35N3O3. The molecule has 0 bridgehead atoms. The molecule has 0 aromatic heterocycles. The van der Waals surface area contributed by atoms with Gasteiger partial charge in [-0.1, -0.05) is 69.3 Å². The monoisotopic (exact) mass is 521 g/mol. The fourth-order valence-electron chi connectivity index (χ4n) is 4.22. The summed E-state index contributed by atoms with van der Waals surface area (Å²) < 4.78 is 6.18. The Balaban J connectivity index is 1.43. The second kappa shape index (κ2) is 13.3. The maximum atomic E-state index is 13.2. The average molecular weight is 522 g/mol. The lowest BCUT2D eigenvalue weighted by Crippen LogP contribution is -2.33. The van der Waals surface area contributed by atoms with Crippen LogP contribution in [0.5, 0.6) is 5.75 Å². The molecule has 200 valence electrons. The first-order valence-corrected chi connectivity index (χ1v) is 13.4. The Bertz CT molecular complexity index is 1390. The normalized spacial score (nSPS) is 12.2. The highest BCUT2D eigenvalue weighted by atomic mass is 16.5. The number of carbonyl (C=O) groups excluding carboxylic acids is 2. The first kappa shape index (κ1) is 27.5. The van der Waals surface area contributed by atoms with Crippen LogP contribution < -0.4 is 20.7 Å². The van der Waals surface area contributed by atoms with E-state index in [9.17, 15) is 9.59 Å². The number of amides is 2. The van der Waals surface area contributed by atoms with Crippen LogP contribution in [0, 0.1) is 0 Å². The zero-order chi connectivity index (χ0) is 27.6. The van der Waals surface area contributed by atoms with E-state index in [-0.39, 0.29) is 11.8 Å². The van der Waals surface area contributed by atoms with E-state index >= 15 is 0 Å². The Kier molecular flexibility index (Phi) is 9.35.